The molecular weight excluding hydrogens is 439 g/mol. The van der Waals surface area contributed by atoms with Crippen molar-refractivity contribution >= 4 is 23.4 Å². The molecular formula is C25H25FN4O4. The van der Waals surface area contributed by atoms with Crippen molar-refractivity contribution in [2.75, 3.05) is 23.5 Å². The number of anilines is 2. The summed E-state index contributed by atoms with van der Waals surface area (Å²) in [6.07, 6.45) is 5.42. The predicted molar refractivity (Wildman–Crippen MR) is 125 cm³/mol. The van der Waals surface area contributed by atoms with Crippen LogP contribution in [0.4, 0.5) is 20.6 Å². The minimum atomic E-state index is -0.646. The van der Waals surface area contributed by atoms with Crippen molar-refractivity contribution in [3.8, 4) is 22.6 Å². The zero-order valence-electron chi connectivity index (χ0n) is 19.2. The van der Waals surface area contributed by atoms with Crippen LogP contribution in [0.2, 0.25) is 0 Å². The van der Waals surface area contributed by atoms with Crippen LogP contribution in [-0.2, 0) is 4.79 Å². The lowest BCUT2D eigenvalue weighted by atomic mass is 10.0. The summed E-state index contributed by atoms with van der Waals surface area (Å²) < 4.78 is 26.3. The molecule has 1 atom stereocenters. The highest BCUT2D eigenvalue weighted by molar-refractivity contribution is 6.03. The van der Waals surface area contributed by atoms with Crippen molar-refractivity contribution in [1.29, 1.82) is 0 Å². The van der Waals surface area contributed by atoms with Gasteiger partial charge in [0.2, 0.25) is 5.91 Å². The molecule has 0 N–H and O–H groups in total. The maximum absolute atomic E-state index is 13.6. The van der Waals surface area contributed by atoms with Crippen LogP contribution in [0.3, 0.4) is 0 Å². The third-order valence-electron chi connectivity index (χ3n) is 6.15. The number of halogens is 1. The number of fused-ring (bicyclic) bond motifs is 1. The van der Waals surface area contributed by atoms with Crippen molar-refractivity contribution in [3.63, 3.8) is 0 Å². The highest BCUT2D eigenvalue weighted by Crippen LogP contribution is 2.41. The average molecular weight is 464 g/mol. The van der Waals surface area contributed by atoms with Gasteiger partial charge < -0.3 is 14.4 Å². The van der Waals surface area contributed by atoms with E-state index in [1.807, 2.05) is 36.0 Å². The third-order valence-corrected chi connectivity index (χ3v) is 6.15. The van der Waals surface area contributed by atoms with Gasteiger partial charge >= 0.3 is 6.09 Å². The number of hydrogen-bond acceptors (Lipinski definition) is 5. The predicted octanol–water partition coefficient (Wildman–Crippen LogP) is 4.79. The quantitative estimate of drug-likeness (QED) is 0.555. The molecule has 1 aromatic heterocycles. The Bertz CT molecular complexity index is 1270. The fraction of sp³-hybridized carbons (Fsp3) is 0.320. The lowest BCUT2D eigenvalue weighted by Gasteiger charge is -2.40. The largest absolute Gasteiger partial charge is 0.493 e. The van der Waals surface area contributed by atoms with Gasteiger partial charge in [0.05, 0.1) is 36.8 Å². The SMILES string of the molecule is COc1cc(F)ccc1OC(=O)N1C[C@H](C)N(C(C)=O)c2ccc(-c3cnn(C4CC4)c3)cc21. The van der Waals surface area contributed by atoms with E-state index in [4.69, 9.17) is 9.47 Å². The van der Waals surface area contributed by atoms with Gasteiger partial charge in [0.15, 0.2) is 11.5 Å². The van der Waals surface area contributed by atoms with Gasteiger partial charge in [0.1, 0.15) is 5.82 Å². The molecule has 1 aliphatic heterocycles. The summed E-state index contributed by atoms with van der Waals surface area (Å²) in [5, 5.41) is 4.46. The van der Waals surface area contributed by atoms with Crippen LogP contribution in [0.5, 0.6) is 11.5 Å². The molecule has 0 unspecified atom stereocenters. The number of methoxy groups -OCH3 is 1. The second-order valence-corrected chi connectivity index (χ2v) is 8.66. The molecule has 2 aliphatic rings. The maximum atomic E-state index is 13.6. The van der Waals surface area contributed by atoms with E-state index in [9.17, 15) is 14.0 Å². The summed E-state index contributed by atoms with van der Waals surface area (Å²) >= 11 is 0. The average Bonchev–Trinajstić information content (AvgIpc) is 3.55. The molecule has 1 aliphatic carbocycles. The number of amides is 2. The summed E-state index contributed by atoms with van der Waals surface area (Å²) in [6, 6.07) is 9.53. The Hall–Kier alpha value is -3.88. The molecule has 1 fully saturated rings. The number of ether oxygens (including phenoxy) is 2. The van der Waals surface area contributed by atoms with Crippen LogP contribution in [0.1, 0.15) is 32.7 Å². The summed E-state index contributed by atoms with van der Waals surface area (Å²) in [5.41, 5.74) is 2.97. The molecule has 5 rings (SSSR count). The third kappa shape index (κ3) is 3.98. The summed E-state index contributed by atoms with van der Waals surface area (Å²) in [4.78, 5) is 28.9. The highest BCUT2D eigenvalue weighted by atomic mass is 19.1. The van der Waals surface area contributed by atoms with Gasteiger partial charge in [0, 0.05) is 31.3 Å². The van der Waals surface area contributed by atoms with Crippen LogP contribution in [0.15, 0.2) is 48.8 Å². The molecule has 2 heterocycles. The number of rotatable bonds is 4. The van der Waals surface area contributed by atoms with Crippen LogP contribution in [0, 0.1) is 5.82 Å². The topological polar surface area (TPSA) is 76.9 Å². The van der Waals surface area contributed by atoms with Crippen molar-refractivity contribution < 1.29 is 23.5 Å². The lowest BCUT2D eigenvalue weighted by molar-refractivity contribution is -0.117. The number of carbonyl (C=O) groups is 2. The van der Waals surface area contributed by atoms with E-state index in [1.165, 1.54) is 31.1 Å². The minimum absolute atomic E-state index is 0.110. The van der Waals surface area contributed by atoms with E-state index in [-0.39, 0.29) is 30.0 Å². The number of benzene rings is 2. The molecule has 2 amide bonds. The summed E-state index contributed by atoms with van der Waals surface area (Å²) in [7, 11) is 1.38. The second-order valence-electron chi connectivity index (χ2n) is 8.66. The molecule has 0 radical (unpaired) electrons. The molecule has 0 bridgehead atoms. The first-order chi connectivity index (χ1) is 16.4. The fourth-order valence-electron chi connectivity index (χ4n) is 4.36. The molecule has 1 saturated carbocycles. The van der Waals surface area contributed by atoms with Crippen LogP contribution in [0.25, 0.3) is 11.1 Å². The first-order valence-electron chi connectivity index (χ1n) is 11.2. The molecule has 176 valence electrons. The van der Waals surface area contributed by atoms with Crippen molar-refractivity contribution in [2.45, 2.75) is 38.8 Å². The fourth-order valence-corrected chi connectivity index (χ4v) is 4.36. The Morgan fingerprint density at radius 1 is 1.06 bits per heavy atom. The Labute approximate surface area is 196 Å². The van der Waals surface area contributed by atoms with Crippen LogP contribution in [-0.4, -0.2) is 41.5 Å². The standard InChI is InChI=1S/C25H25FN4O4/c1-15-13-28(25(32)34-23-9-5-19(26)11-24(23)33-3)22-10-17(4-8-21(22)30(15)16(2)31)18-12-27-29(14-18)20-6-7-20/h4-5,8-12,14-15,20H,6-7,13H2,1-3H3/t15-/m0/s1. The van der Waals surface area contributed by atoms with Crippen molar-refractivity contribution in [1.82, 2.24) is 9.78 Å². The van der Waals surface area contributed by atoms with E-state index in [0.29, 0.717) is 17.4 Å². The van der Waals surface area contributed by atoms with Crippen molar-refractivity contribution in [2.24, 2.45) is 0 Å². The Balaban J connectivity index is 1.52. The van der Waals surface area contributed by atoms with Crippen LogP contribution >= 0.6 is 0 Å². The Kier molecular flexibility index (Phi) is 5.47. The van der Waals surface area contributed by atoms with Gasteiger partial charge in [-0.25, -0.2) is 9.18 Å². The smallest absolute Gasteiger partial charge is 0.420 e. The molecule has 2 aromatic carbocycles. The molecule has 34 heavy (non-hydrogen) atoms. The first-order valence-corrected chi connectivity index (χ1v) is 11.2. The van der Waals surface area contributed by atoms with Gasteiger partial charge in [0.25, 0.3) is 0 Å². The highest BCUT2D eigenvalue weighted by Gasteiger charge is 2.35. The maximum Gasteiger partial charge on any atom is 0.420 e. The Morgan fingerprint density at radius 3 is 2.56 bits per heavy atom. The molecule has 9 heteroatoms. The molecule has 0 saturated heterocycles. The summed E-state index contributed by atoms with van der Waals surface area (Å²) in [6.45, 7) is 3.61. The number of nitrogens with zero attached hydrogens (tertiary/aromatic N) is 4. The van der Waals surface area contributed by atoms with E-state index in [1.54, 1.807) is 11.1 Å². The van der Waals surface area contributed by atoms with Crippen LogP contribution < -0.4 is 19.3 Å². The van der Waals surface area contributed by atoms with E-state index >= 15 is 0 Å². The zero-order valence-corrected chi connectivity index (χ0v) is 19.2. The number of carbonyl (C=O) groups excluding carboxylic acids is 2. The Morgan fingerprint density at radius 2 is 1.85 bits per heavy atom. The minimum Gasteiger partial charge on any atom is -0.493 e. The van der Waals surface area contributed by atoms with E-state index < -0.39 is 11.9 Å². The summed E-state index contributed by atoms with van der Waals surface area (Å²) in [5.74, 6) is -0.387. The van der Waals surface area contributed by atoms with Gasteiger partial charge in [-0.1, -0.05) is 6.07 Å². The molecule has 3 aromatic rings. The monoisotopic (exact) mass is 464 g/mol. The first kappa shape index (κ1) is 21.9. The normalized spacial score (nSPS) is 17.4. The van der Waals surface area contributed by atoms with Gasteiger partial charge in [-0.15, -0.1) is 0 Å². The van der Waals surface area contributed by atoms with E-state index in [2.05, 4.69) is 5.10 Å². The molecule has 8 nitrogen and oxygen atoms in total. The van der Waals surface area contributed by atoms with E-state index in [0.717, 1.165) is 30.0 Å². The lowest BCUT2D eigenvalue weighted by Crippen LogP contribution is -2.52. The molecule has 0 spiro atoms. The van der Waals surface area contributed by atoms with Gasteiger partial charge in [-0.3, -0.25) is 14.4 Å². The van der Waals surface area contributed by atoms with Gasteiger partial charge in [-0.05, 0) is 49.6 Å². The zero-order chi connectivity index (χ0) is 24.0. The number of aromatic nitrogens is 2. The van der Waals surface area contributed by atoms with Gasteiger partial charge in [-0.2, -0.15) is 5.10 Å². The van der Waals surface area contributed by atoms with Crippen molar-refractivity contribution in [3.05, 3.63) is 54.6 Å². The number of hydrogen-bond donors (Lipinski definition) is 0. The second kappa shape index (κ2) is 8.48.